The first-order chi connectivity index (χ1) is 9.54. The third kappa shape index (κ3) is 3.81. The quantitative estimate of drug-likeness (QED) is 0.689. The lowest BCUT2D eigenvalue weighted by atomic mass is 10.0. The molecule has 0 saturated heterocycles. The molecule has 1 aromatic heterocycles. The number of hydrogen-bond acceptors (Lipinski definition) is 4. The molecule has 1 aromatic carbocycles. The second kappa shape index (κ2) is 7.54. The van der Waals surface area contributed by atoms with Gasteiger partial charge < -0.3 is 10.5 Å². The highest BCUT2D eigenvalue weighted by Gasteiger charge is 2.29. The van der Waals surface area contributed by atoms with Crippen molar-refractivity contribution in [3.05, 3.63) is 41.0 Å². The number of alkyl halides is 1. The van der Waals surface area contributed by atoms with Crippen molar-refractivity contribution in [3.63, 3.8) is 0 Å². The van der Waals surface area contributed by atoms with Gasteiger partial charge in [0.05, 0.1) is 18.2 Å². The van der Waals surface area contributed by atoms with Crippen molar-refractivity contribution < 1.29 is 13.9 Å². The number of carbonyl (C=O) groups is 1. The summed E-state index contributed by atoms with van der Waals surface area (Å²) in [5.41, 5.74) is 6.73. The number of pyridine rings is 1. The Balaban J connectivity index is 0.00000220. The van der Waals surface area contributed by atoms with Gasteiger partial charge in [-0.15, -0.1) is 12.4 Å². The molecule has 0 amide bonds. The van der Waals surface area contributed by atoms with Crippen molar-refractivity contribution >= 4 is 40.9 Å². The van der Waals surface area contributed by atoms with E-state index in [2.05, 4.69) is 9.72 Å². The number of para-hydroxylation sites is 1. The molecule has 0 radical (unpaired) electrons. The van der Waals surface area contributed by atoms with Crippen LogP contribution in [0.5, 0.6) is 0 Å². The number of aromatic nitrogens is 1. The number of esters is 1. The molecule has 2 N–H and O–H groups in total. The van der Waals surface area contributed by atoms with E-state index in [0.717, 1.165) is 5.39 Å². The maximum atomic E-state index is 14.0. The monoisotopic (exact) mass is 332 g/mol. The molecular formula is C14H15Cl2FN2O2. The van der Waals surface area contributed by atoms with E-state index >= 15 is 0 Å². The first-order valence-electron chi connectivity index (χ1n) is 6.16. The molecule has 0 spiro atoms. The van der Waals surface area contributed by atoms with Gasteiger partial charge >= 0.3 is 5.97 Å². The minimum Gasteiger partial charge on any atom is -0.464 e. The molecule has 1 heterocycles. The van der Waals surface area contributed by atoms with Gasteiger partial charge in [-0.1, -0.05) is 29.8 Å². The average molecular weight is 333 g/mol. The molecule has 7 heteroatoms. The zero-order valence-corrected chi connectivity index (χ0v) is 12.8. The summed E-state index contributed by atoms with van der Waals surface area (Å²) in [5, 5.41) is 0.863. The molecule has 2 rings (SSSR count). The van der Waals surface area contributed by atoms with Crippen molar-refractivity contribution in [2.75, 3.05) is 6.61 Å². The van der Waals surface area contributed by atoms with E-state index in [0.29, 0.717) is 5.52 Å². The van der Waals surface area contributed by atoms with E-state index in [4.69, 9.17) is 17.3 Å². The summed E-state index contributed by atoms with van der Waals surface area (Å²) in [5.74, 6) is -0.996. The SMILES string of the molecule is CCOC(=O)C(F)[C@H](N)c1cc2ccccc2nc1Cl.Cl. The summed E-state index contributed by atoms with van der Waals surface area (Å²) in [6.07, 6.45) is -1.98. The fourth-order valence-electron chi connectivity index (χ4n) is 1.87. The maximum Gasteiger partial charge on any atom is 0.342 e. The Labute approximate surface area is 132 Å². The van der Waals surface area contributed by atoms with Crippen LogP contribution in [0.15, 0.2) is 30.3 Å². The molecule has 0 bridgehead atoms. The molecule has 1 unspecified atom stereocenters. The number of nitrogens with zero attached hydrogens (tertiary/aromatic N) is 1. The number of halogens is 3. The summed E-state index contributed by atoms with van der Waals surface area (Å²) in [7, 11) is 0. The van der Waals surface area contributed by atoms with Gasteiger partial charge in [0.25, 0.3) is 0 Å². The van der Waals surface area contributed by atoms with Gasteiger partial charge in [0.2, 0.25) is 6.17 Å². The van der Waals surface area contributed by atoms with Gasteiger partial charge in [0.1, 0.15) is 5.15 Å². The molecule has 2 atom stereocenters. The average Bonchev–Trinajstić information content (AvgIpc) is 2.45. The van der Waals surface area contributed by atoms with Gasteiger partial charge in [-0.3, -0.25) is 0 Å². The first kappa shape index (κ1) is 17.6. The lowest BCUT2D eigenvalue weighted by Gasteiger charge is -2.17. The molecule has 21 heavy (non-hydrogen) atoms. The van der Waals surface area contributed by atoms with Crippen molar-refractivity contribution in [3.8, 4) is 0 Å². The maximum absolute atomic E-state index is 14.0. The van der Waals surface area contributed by atoms with E-state index in [1.54, 1.807) is 19.1 Å². The van der Waals surface area contributed by atoms with Crippen LogP contribution in [-0.2, 0) is 9.53 Å². The number of carbonyl (C=O) groups excluding carboxylic acids is 1. The minimum atomic E-state index is -1.98. The third-order valence-corrected chi connectivity index (χ3v) is 3.19. The van der Waals surface area contributed by atoms with E-state index in [-0.39, 0.29) is 29.7 Å². The molecule has 0 aliphatic rings. The van der Waals surface area contributed by atoms with Crippen LogP contribution in [0.1, 0.15) is 18.5 Å². The van der Waals surface area contributed by atoms with Gasteiger partial charge in [0, 0.05) is 10.9 Å². The zero-order chi connectivity index (χ0) is 14.7. The number of rotatable bonds is 4. The van der Waals surface area contributed by atoms with Crippen LogP contribution < -0.4 is 5.73 Å². The van der Waals surface area contributed by atoms with Crippen molar-refractivity contribution in [1.82, 2.24) is 4.98 Å². The Morgan fingerprint density at radius 2 is 2.14 bits per heavy atom. The van der Waals surface area contributed by atoms with Crippen molar-refractivity contribution in [2.24, 2.45) is 5.73 Å². The molecule has 114 valence electrons. The topological polar surface area (TPSA) is 65.2 Å². The van der Waals surface area contributed by atoms with Crippen LogP contribution in [-0.4, -0.2) is 23.7 Å². The highest BCUT2D eigenvalue weighted by atomic mass is 35.5. The molecule has 0 fully saturated rings. The predicted octanol–water partition coefficient (Wildman–Crippen LogP) is 3.21. The van der Waals surface area contributed by atoms with E-state index < -0.39 is 18.2 Å². The number of fused-ring (bicyclic) bond motifs is 1. The highest BCUT2D eigenvalue weighted by Crippen LogP contribution is 2.27. The van der Waals surface area contributed by atoms with E-state index in [1.165, 1.54) is 0 Å². The lowest BCUT2D eigenvalue weighted by Crippen LogP contribution is -2.31. The Hall–Kier alpha value is -1.43. The van der Waals surface area contributed by atoms with Crippen LogP contribution in [0, 0.1) is 0 Å². The molecule has 0 saturated carbocycles. The molecule has 0 aliphatic heterocycles. The Kier molecular flexibility index (Phi) is 6.33. The third-order valence-electron chi connectivity index (χ3n) is 2.89. The van der Waals surface area contributed by atoms with Gasteiger partial charge in [-0.25, -0.2) is 14.2 Å². The second-order valence-corrected chi connectivity index (χ2v) is 4.60. The number of benzene rings is 1. The Morgan fingerprint density at radius 3 is 2.81 bits per heavy atom. The molecule has 0 aliphatic carbocycles. The Bertz CT molecular complexity index is 639. The largest absolute Gasteiger partial charge is 0.464 e. The van der Waals surface area contributed by atoms with Crippen LogP contribution in [0.4, 0.5) is 4.39 Å². The molecule has 4 nitrogen and oxygen atoms in total. The van der Waals surface area contributed by atoms with Crippen molar-refractivity contribution in [2.45, 2.75) is 19.1 Å². The van der Waals surface area contributed by atoms with Crippen LogP contribution in [0.2, 0.25) is 5.15 Å². The van der Waals surface area contributed by atoms with Gasteiger partial charge in [-0.05, 0) is 19.1 Å². The fourth-order valence-corrected chi connectivity index (χ4v) is 2.14. The summed E-state index contributed by atoms with van der Waals surface area (Å²) < 4.78 is 18.6. The Morgan fingerprint density at radius 1 is 1.48 bits per heavy atom. The summed E-state index contributed by atoms with van der Waals surface area (Å²) in [4.78, 5) is 15.5. The van der Waals surface area contributed by atoms with Gasteiger partial charge in [0.15, 0.2) is 0 Å². The van der Waals surface area contributed by atoms with Gasteiger partial charge in [-0.2, -0.15) is 0 Å². The lowest BCUT2D eigenvalue weighted by molar-refractivity contribution is -0.149. The van der Waals surface area contributed by atoms with E-state index in [1.807, 2.05) is 18.2 Å². The van der Waals surface area contributed by atoms with Crippen molar-refractivity contribution in [1.29, 1.82) is 0 Å². The zero-order valence-electron chi connectivity index (χ0n) is 11.3. The van der Waals surface area contributed by atoms with Crippen LogP contribution in [0.3, 0.4) is 0 Å². The molecule has 2 aromatic rings. The van der Waals surface area contributed by atoms with Crippen LogP contribution >= 0.6 is 24.0 Å². The summed E-state index contributed by atoms with van der Waals surface area (Å²) in [6, 6.07) is 7.68. The standard InChI is InChI=1S/C14H14ClFN2O2.ClH/c1-2-20-14(19)11(16)12(17)9-7-8-5-3-4-6-10(8)18-13(9)15;/h3-7,11-12H,2,17H2,1H3;1H/t11?,12-;/m1./s1. The number of hydrogen-bond donors (Lipinski definition) is 1. The van der Waals surface area contributed by atoms with Crippen LogP contribution in [0.25, 0.3) is 10.9 Å². The number of ether oxygens (including phenoxy) is 1. The van der Waals surface area contributed by atoms with E-state index in [9.17, 15) is 9.18 Å². The number of nitrogens with two attached hydrogens (primary N) is 1. The molecular weight excluding hydrogens is 318 g/mol. The predicted molar refractivity (Wildman–Crippen MR) is 82.5 cm³/mol. The fraction of sp³-hybridized carbons (Fsp3) is 0.286. The smallest absolute Gasteiger partial charge is 0.342 e. The summed E-state index contributed by atoms with van der Waals surface area (Å²) in [6.45, 7) is 1.69. The highest BCUT2D eigenvalue weighted by molar-refractivity contribution is 6.30. The minimum absolute atomic E-state index is 0. The first-order valence-corrected chi connectivity index (χ1v) is 6.54. The normalized spacial score (nSPS) is 13.3. The summed E-state index contributed by atoms with van der Waals surface area (Å²) >= 11 is 6.01. The second-order valence-electron chi connectivity index (χ2n) is 4.24.